The monoisotopic (exact) mass is 304 g/mol. The molecule has 0 spiro atoms. The smallest absolute Gasteiger partial charge is 0.292 e. The molecule has 0 aliphatic carbocycles. The molecule has 1 amide bonds. The zero-order valence-electron chi connectivity index (χ0n) is 12.6. The van der Waals surface area contributed by atoms with Crippen LogP contribution in [0.5, 0.6) is 0 Å². The Morgan fingerprint density at radius 3 is 2.73 bits per heavy atom. The van der Waals surface area contributed by atoms with Gasteiger partial charge in [-0.1, -0.05) is 0 Å². The van der Waals surface area contributed by atoms with E-state index in [4.69, 9.17) is 15.2 Å². The fraction of sp³-hybridized carbons (Fsp3) is 0.533. The van der Waals surface area contributed by atoms with Gasteiger partial charge in [-0.15, -0.1) is 0 Å². The van der Waals surface area contributed by atoms with Gasteiger partial charge in [-0.05, 0) is 25.8 Å². The highest BCUT2D eigenvalue weighted by atomic mass is 16.6. The van der Waals surface area contributed by atoms with Gasteiger partial charge < -0.3 is 20.1 Å². The van der Waals surface area contributed by atoms with E-state index in [2.05, 4.69) is 9.97 Å². The Balaban J connectivity index is 1.63. The number of aromatic nitrogens is 2. The molecule has 2 aliphatic rings. The third kappa shape index (κ3) is 2.98. The van der Waals surface area contributed by atoms with Crippen molar-refractivity contribution in [3.8, 4) is 0 Å². The van der Waals surface area contributed by atoms with E-state index in [0.29, 0.717) is 49.7 Å². The zero-order valence-corrected chi connectivity index (χ0v) is 12.6. The highest BCUT2D eigenvalue weighted by Gasteiger charge is 2.29. The number of allylic oxidation sites excluding steroid dienone is 1. The SMILES string of the molecule is CC1=C(C(=O)N2CCC(c3ccnc(N)n3)CC2)OCCO1. The summed E-state index contributed by atoms with van der Waals surface area (Å²) < 4.78 is 10.8. The summed E-state index contributed by atoms with van der Waals surface area (Å²) in [4.78, 5) is 22.5. The minimum absolute atomic E-state index is 0.0853. The lowest BCUT2D eigenvalue weighted by Crippen LogP contribution is -2.40. The Kier molecular flexibility index (Phi) is 4.13. The van der Waals surface area contributed by atoms with E-state index in [9.17, 15) is 4.79 Å². The third-order valence-electron chi connectivity index (χ3n) is 4.06. The summed E-state index contributed by atoms with van der Waals surface area (Å²) >= 11 is 0. The molecule has 0 radical (unpaired) electrons. The molecule has 0 unspecified atom stereocenters. The van der Waals surface area contributed by atoms with Gasteiger partial charge in [-0.2, -0.15) is 0 Å². The molecule has 1 aromatic rings. The molecule has 1 saturated heterocycles. The van der Waals surface area contributed by atoms with Crippen LogP contribution in [0.4, 0.5) is 5.95 Å². The lowest BCUT2D eigenvalue weighted by Gasteiger charge is -2.33. The van der Waals surface area contributed by atoms with Gasteiger partial charge in [0.25, 0.3) is 5.91 Å². The van der Waals surface area contributed by atoms with E-state index in [1.54, 1.807) is 13.1 Å². The highest BCUT2D eigenvalue weighted by molar-refractivity contribution is 5.92. The molecule has 0 bridgehead atoms. The molecule has 2 aliphatic heterocycles. The summed E-state index contributed by atoms with van der Waals surface area (Å²) in [7, 11) is 0. The molecule has 3 heterocycles. The van der Waals surface area contributed by atoms with Crippen molar-refractivity contribution in [2.24, 2.45) is 0 Å². The topological polar surface area (TPSA) is 90.6 Å². The average molecular weight is 304 g/mol. The maximum absolute atomic E-state index is 12.5. The Morgan fingerprint density at radius 1 is 1.32 bits per heavy atom. The number of nitrogens with zero attached hydrogens (tertiary/aromatic N) is 3. The normalized spacial score (nSPS) is 19.6. The summed E-state index contributed by atoms with van der Waals surface area (Å²) in [6, 6.07) is 1.89. The number of hydrogen-bond acceptors (Lipinski definition) is 6. The van der Waals surface area contributed by atoms with Crippen molar-refractivity contribution in [3.63, 3.8) is 0 Å². The van der Waals surface area contributed by atoms with Gasteiger partial charge in [0.05, 0.1) is 0 Å². The maximum Gasteiger partial charge on any atom is 0.292 e. The van der Waals surface area contributed by atoms with Gasteiger partial charge in [0.1, 0.15) is 19.0 Å². The molecular weight excluding hydrogens is 284 g/mol. The van der Waals surface area contributed by atoms with Crippen LogP contribution in [0.2, 0.25) is 0 Å². The maximum atomic E-state index is 12.5. The standard InChI is InChI=1S/C15H20N4O3/c1-10-13(22-9-8-21-10)14(20)19-6-3-11(4-7-19)12-2-5-17-15(16)18-12/h2,5,11H,3-4,6-9H2,1H3,(H2,16,17,18). The fourth-order valence-electron chi connectivity index (χ4n) is 2.86. The van der Waals surface area contributed by atoms with Gasteiger partial charge >= 0.3 is 0 Å². The second kappa shape index (κ2) is 6.21. The zero-order chi connectivity index (χ0) is 15.5. The number of nitrogens with two attached hydrogens (primary N) is 1. The average Bonchev–Trinajstić information content (AvgIpc) is 2.55. The lowest BCUT2D eigenvalue weighted by atomic mass is 9.93. The van der Waals surface area contributed by atoms with E-state index in [1.165, 1.54) is 0 Å². The third-order valence-corrected chi connectivity index (χ3v) is 4.06. The number of amides is 1. The van der Waals surface area contributed by atoms with Crippen molar-refractivity contribution in [2.75, 3.05) is 32.0 Å². The summed E-state index contributed by atoms with van der Waals surface area (Å²) in [5, 5.41) is 0. The van der Waals surface area contributed by atoms with Crippen LogP contribution < -0.4 is 5.73 Å². The van der Waals surface area contributed by atoms with Crippen molar-refractivity contribution in [2.45, 2.75) is 25.7 Å². The number of carbonyl (C=O) groups is 1. The van der Waals surface area contributed by atoms with Gasteiger partial charge in [0.15, 0.2) is 0 Å². The minimum Gasteiger partial charge on any atom is -0.491 e. The number of likely N-dealkylation sites (tertiary alicyclic amines) is 1. The molecule has 7 nitrogen and oxygen atoms in total. The summed E-state index contributed by atoms with van der Waals surface area (Å²) in [5.74, 6) is 1.44. The second-order valence-corrected chi connectivity index (χ2v) is 5.49. The van der Waals surface area contributed by atoms with Crippen molar-refractivity contribution >= 4 is 11.9 Å². The predicted molar refractivity (Wildman–Crippen MR) is 79.6 cm³/mol. The van der Waals surface area contributed by atoms with E-state index >= 15 is 0 Å². The Labute approximate surface area is 129 Å². The fourth-order valence-corrected chi connectivity index (χ4v) is 2.86. The van der Waals surface area contributed by atoms with Crippen molar-refractivity contribution < 1.29 is 14.3 Å². The second-order valence-electron chi connectivity index (χ2n) is 5.49. The summed E-state index contributed by atoms with van der Waals surface area (Å²) in [6.45, 7) is 4.04. The molecule has 3 rings (SSSR count). The molecule has 1 aromatic heterocycles. The molecule has 0 atom stereocenters. The van der Waals surface area contributed by atoms with E-state index in [1.807, 2.05) is 11.0 Å². The van der Waals surface area contributed by atoms with Crippen LogP contribution in [0.3, 0.4) is 0 Å². The summed E-state index contributed by atoms with van der Waals surface area (Å²) in [6.07, 6.45) is 3.39. The largest absolute Gasteiger partial charge is 0.491 e. The van der Waals surface area contributed by atoms with Gasteiger partial charge in [-0.25, -0.2) is 9.97 Å². The van der Waals surface area contributed by atoms with Crippen LogP contribution in [0.25, 0.3) is 0 Å². The van der Waals surface area contributed by atoms with Gasteiger partial charge in [0.2, 0.25) is 11.7 Å². The predicted octanol–water partition coefficient (Wildman–Crippen LogP) is 1.04. The number of hydrogen-bond donors (Lipinski definition) is 1. The Bertz CT molecular complexity index is 594. The van der Waals surface area contributed by atoms with E-state index in [-0.39, 0.29) is 5.91 Å². The molecule has 0 saturated carbocycles. The van der Waals surface area contributed by atoms with Crippen molar-refractivity contribution in [1.29, 1.82) is 0 Å². The first-order valence-electron chi connectivity index (χ1n) is 7.49. The summed E-state index contributed by atoms with van der Waals surface area (Å²) in [5.41, 5.74) is 6.58. The van der Waals surface area contributed by atoms with Crippen LogP contribution >= 0.6 is 0 Å². The van der Waals surface area contributed by atoms with Crippen LogP contribution in [0.15, 0.2) is 23.8 Å². The van der Waals surface area contributed by atoms with E-state index in [0.717, 1.165) is 18.5 Å². The molecule has 2 N–H and O–H groups in total. The van der Waals surface area contributed by atoms with Crippen LogP contribution in [0.1, 0.15) is 31.4 Å². The molecule has 1 fully saturated rings. The first-order valence-corrected chi connectivity index (χ1v) is 7.49. The van der Waals surface area contributed by atoms with Gasteiger partial charge in [-0.3, -0.25) is 4.79 Å². The number of ether oxygens (including phenoxy) is 2. The molecule has 118 valence electrons. The number of rotatable bonds is 2. The first kappa shape index (κ1) is 14.6. The minimum atomic E-state index is -0.0853. The van der Waals surface area contributed by atoms with Crippen LogP contribution in [-0.4, -0.2) is 47.1 Å². The number of carbonyl (C=O) groups excluding carboxylic acids is 1. The van der Waals surface area contributed by atoms with Crippen LogP contribution in [0, 0.1) is 0 Å². The van der Waals surface area contributed by atoms with Crippen molar-refractivity contribution in [1.82, 2.24) is 14.9 Å². The number of nitrogen functional groups attached to an aromatic ring is 1. The lowest BCUT2D eigenvalue weighted by molar-refractivity contribution is -0.133. The molecular formula is C15H20N4O3. The van der Waals surface area contributed by atoms with Crippen LogP contribution in [-0.2, 0) is 14.3 Å². The van der Waals surface area contributed by atoms with Gasteiger partial charge in [0, 0.05) is 30.9 Å². The highest BCUT2D eigenvalue weighted by Crippen LogP contribution is 2.28. The molecule has 7 heteroatoms. The molecule has 22 heavy (non-hydrogen) atoms. The first-order chi connectivity index (χ1) is 10.6. The Morgan fingerprint density at radius 2 is 2.05 bits per heavy atom. The number of piperidine rings is 1. The van der Waals surface area contributed by atoms with Crippen molar-refractivity contribution in [3.05, 3.63) is 29.5 Å². The van der Waals surface area contributed by atoms with E-state index < -0.39 is 0 Å². The molecule has 0 aromatic carbocycles. The Hall–Kier alpha value is -2.31. The quantitative estimate of drug-likeness (QED) is 0.878. The number of anilines is 1.